The molecule has 0 N–H and O–H groups in total. The minimum atomic E-state index is -0.000942. The number of halogens is 3. The molecule has 6 aromatic carbocycles. The molecule has 0 bridgehead atoms. The molecule has 8 rings (SSSR count). The molecule has 0 atom stereocenters. The van der Waals surface area contributed by atoms with Gasteiger partial charge in [-0.3, -0.25) is 0 Å². The predicted octanol–water partition coefficient (Wildman–Crippen LogP) is 13.9. The van der Waals surface area contributed by atoms with Gasteiger partial charge in [-0.05, 0) is 100 Å². The maximum Gasteiger partial charge on any atom is 0.0502 e. The van der Waals surface area contributed by atoms with E-state index in [2.05, 4.69) is 202 Å². The van der Waals surface area contributed by atoms with Crippen molar-refractivity contribution in [3.63, 3.8) is 0 Å². The third-order valence-electron chi connectivity index (χ3n) is 9.29. The van der Waals surface area contributed by atoms with Gasteiger partial charge < -0.3 is 4.90 Å². The molecule has 0 saturated carbocycles. The summed E-state index contributed by atoms with van der Waals surface area (Å²) in [4.78, 5) is 2.36. The Bertz CT molecular complexity index is 1890. The van der Waals surface area contributed by atoms with Gasteiger partial charge in [0, 0.05) is 81.0 Å². The van der Waals surface area contributed by atoms with Gasteiger partial charge in [0.15, 0.2) is 0 Å². The molecule has 0 amide bonds. The van der Waals surface area contributed by atoms with Crippen LogP contribution in [0.5, 0.6) is 0 Å². The van der Waals surface area contributed by atoms with Gasteiger partial charge in [-0.2, -0.15) is 0 Å². The molecule has 6 aromatic rings. The number of rotatable bonds is 1. The number of benzene rings is 6. The Kier molecular flexibility index (Phi) is 14.0. The van der Waals surface area contributed by atoms with Crippen LogP contribution in [0.1, 0.15) is 62.5 Å². The van der Waals surface area contributed by atoms with Crippen molar-refractivity contribution < 1.29 is 51.1 Å². The largest absolute Gasteiger partial charge is 0.310 e. The molecular formula is C43H40Br3NUV. The molecular weight excluding hydrogens is 1060 g/mol. The van der Waals surface area contributed by atoms with Crippen molar-refractivity contribution in [1.29, 1.82) is 0 Å². The molecule has 0 spiro atoms. The van der Waals surface area contributed by atoms with E-state index in [0.717, 1.165) is 19.8 Å². The average molecular weight is 1100 g/mol. The van der Waals surface area contributed by atoms with Crippen molar-refractivity contribution >= 4 is 64.9 Å². The van der Waals surface area contributed by atoms with Gasteiger partial charge in [-0.25, -0.2) is 0 Å². The summed E-state index contributed by atoms with van der Waals surface area (Å²) in [6, 6.07) is 51.5. The van der Waals surface area contributed by atoms with Gasteiger partial charge in [-0.1, -0.05) is 160 Å². The second-order valence-corrected chi connectivity index (χ2v) is 15.8. The van der Waals surface area contributed by atoms with Crippen LogP contribution in [0.25, 0.3) is 0 Å². The Morgan fingerprint density at radius 2 is 0.755 bits per heavy atom. The van der Waals surface area contributed by atoms with Crippen LogP contribution in [0.4, 0.5) is 17.1 Å². The Morgan fingerprint density at radius 1 is 0.449 bits per heavy atom. The van der Waals surface area contributed by atoms with Crippen LogP contribution >= 0.6 is 47.8 Å². The van der Waals surface area contributed by atoms with E-state index < -0.39 is 0 Å². The summed E-state index contributed by atoms with van der Waals surface area (Å²) in [6.07, 6.45) is 1.08. The molecule has 0 unspecified atom stereocenters. The smallest absolute Gasteiger partial charge is 0.0502 e. The first-order chi connectivity index (χ1) is 22.6. The molecule has 1 aliphatic heterocycles. The zero-order valence-corrected chi connectivity index (χ0v) is 38.4. The SMILES string of the molecule is Brc1ccc(Br)cc1.CC1(C)c2ccccc2Cc2ccccc21.CC1(C)c2ccccc2N(c2ccc(Br)cc2)c2ccccc21.[3HH].[U].[V]. The molecule has 0 aromatic heterocycles. The summed E-state index contributed by atoms with van der Waals surface area (Å²) < 4.78 is 3.32. The predicted molar refractivity (Wildman–Crippen MR) is 213 cm³/mol. The summed E-state index contributed by atoms with van der Waals surface area (Å²) in [5.74, 6) is 0. The topological polar surface area (TPSA) is 3.24 Å². The second kappa shape index (κ2) is 17.1. The third kappa shape index (κ3) is 8.64. The van der Waals surface area contributed by atoms with E-state index in [1.807, 2.05) is 24.3 Å². The number of anilines is 3. The number of hydrogen-bond donors (Lipinski definition) is 0. The Labute approximate surface area is 354 Å². The zero-order valence-electron chi connectivity index (χ0n) is 28.1. The van der Waals surface area contributed by atoms with E-state index >= 15 is 0 Å². The maximum atomic E-state index is 3.53. The van der Waals surface area contributed by atoms with E-state index in [1.165, 1.54) is 50.4 Å². The standard InChI is InChI=1S/C21H18BrN.C16H16.C6H4Br2.U.V.H2/c1-21(2)17-7-3-5-9-19(17)23(16-13-11-15(22)12-14-16)20-10-6-4-8-18(20)21;1-16(2)14-9-5-3-7-12(14)11-13-8-4-6-10-15(13)16;7-5-1-2-6(8)4-3-5;;;/h3-14H,1-2H3;3-10H,11H2,1-2H3;1-4H;;;1H/i;;;;;1+2. The van der Waals surface area contributed by atoms with Crippen LogP contribution in [0.15, 0.2) is 159 Å². The second-order valence-electron chi connectivity index (χ2n) is 13.0. The van der Waals surface area contributed by atoms with Crippen LogP contribution in [0.3, 0.4) is 0 Å². The van der Waals surface area contributed by atoms with E-state index in [1.54, 1.807) is 0 Å². The quantitative estimate of drug-likeness (QED) is 0.159. The zero-order chi connectivity index (χ0) is 33.2. The summed E-state index contributed by atoms with van der Waals surface area (Å²) in [5, 5.41) is 0. The fourth-order valence-electron chi connectivity index (χ4n) is 6.89. The molecule has 49 heavy (non-hydrogen) atoms. The van der Waals surface area contributed by atoms with E-state index in [-0.39, 0.29) is 61.9 Å². The normalized spacial score (nSPS) is 13.9. The summed E-state index contributed by atoms with van der Waals surface area (Å²) in [5.41, 5.74) is 12.5. The average Bonchev–Trinajstić information content (AvgIpc) is 3.08. The molecule has 1 aliphatic carbocycles. The number of para-hydroxylation sites is 2. The third-order valence-corrected chi connectivity index (χ3v) is 10.9. The fraction of sp³-hybridized carbons (Fsp3) is 0.163. The van der Waals surface area contributed by atoms with Crippen molar-refractivity contribution in [3.05, 3.63) is 192 Å². The molecule has 1 nitrogen and oxygen atoms in total. The van der Waals surface area contributed by atoms with Gasteiger partial charge in [0.25, 0.3) is 0 Å². The molecule has 1 heterocycles. The van der Waals surface area contributed by atoms with Gasteiger partial charge in [-0.15, -0.1) is 0 Å². The Morgan fingerprint density at radius 3 is 1.16 bits per heavy atom. The minimum absolute atomic E-state index is 0. The molecule has 0 fully saturated rings. The minimum Gasteiger partial charge on any atom is -0.310 e. The molecule has 0 saturated heterocycles. The number of fused-ring (bicyclic) bond motifs is 4. The maximum absolute atomic E-state index is 3.53. The number of hydrogen-bond acceptors (Lipinski definition) is 1. The molecule has 6 heteroatoms. The van der Waals surface area contributed by atoms with Gasteiger partial charge in [0.2, 0.25) is 0 Å². The van der Waals surface area contributed by atoms with Crippen molar-refractivity contribution in [2.45, 2.75) is 44.9 Å². The van der Waals surface area contributed by atoms with E-state index in [9.17, 15) is 0 Å². The summed E-state index contributed by atoms with van der Waals surface area (Å²) in [7, 11) is 0. The van der Waals surface area contributed by atoms with Crippen LogP contribution in [-0.4, -0.2) is 0 Å². The monoisotopic (exact) mass is 1100 g/mol. The van der Waals surface area contributed by atoms with Crippen LogP contribution in [-0.2, 0) is 35.8 Å². The summed E-state index contributed by atoms with van der Waals surface area (Å²) >= 11 is 10.2. The summed E-state index contributed by atoms with van der Waals surface area (Å²) in [6.45, 7) is 9.26. The van der Waals surface area contributed by atoms with Gasteiger partial charge >= 0.3 is 0 Å². The Balaban J connectivity index is 0.000000219. The number of nitrogens with zero attached hydrogens (tertiary/aromatic N) is 1. The van der Waals surface area contributed by atoms with Gasteiger partial charge in [0.05, 0.1) is 11.4 Å². The van der Waals surface area contributed by atoms with Crippen molar-refractivity contribution in [1.82, 2.24) is 0 Å². The first-order valence-corrected chi connectivity index (χ1v) is 18.3. The molecule has 1 radical (unpaired) electrons. The van der Waals surface area contributed by atoms with Gasteiger partial charge in [0.1, 0.15) is 0 Å². The molecule has 2 aliphatic rings. The van der Waals surface area contributed by atoms with E-state index in [0.29, 0.717) is 0 Å². The van der Waals surface area contributed by atoms with Crippen LogP contribution in [0.2, 0.25) is 0 Å². The van der Waals surface area contributed by atoms with Crippen LogP contribution in [0, 0.1) is 31.1 Å². The first-order valence-electron chi connectivity index (χ1n) is 15.9. The van der Waals surface area contributed by atoms with Crippen molar-refractivity contribution in [2.24, 2.45) is 0 Å². The fourth-order valence-corrected chi connectivity index (χ4v) is 7.68. The van der Waals surface area contributed by atoms with Crippen LogP contribution < -0.4 is 4.90 Å². The van der Waals surface area contributed by atoms with E-state index in [4.69, 9.17) is 0 Å². The molecule has 247 valence electrons. The van der Waals surface area contributed by atoms with Crippen molar-refractivity contribution in [2.75, 3.05) is 4.90 Å². The Hall–Kier alpha value is -1.80. The van der Waals surface area contributed by atoms with Crippen molar-refractivity contribution in [3.8, 4) is 0 Å². The first kappa shape index (κ1) is 40.0.